The number of hydrogen-bond acceptors (Lipinski definition) is 7. The molecule has 1 aromatic carbocycles. The number of aromatic amines is 1. The van der Waals surface area contributed by atoms with Crippen molar-refractivity contribution in [3.8, 4) is 22.2 Å². The van der Waals surface area contributed by atoms with Gasteiger partial charge in [0.1, 0.15) is 5.82 Å². The van der Waals surface area contributed by atoms with Crippen molar-refractivity contribution >= 4 is 23.1 Å². The van der Waals surface area contributed by atoms with E-state index in [-0.39, 0.29) is 5.82 Å². The quantitative estimate of drug-likeness (QED) is 0.542. The number of aromatic nitrogens is 5. The van der Waals surface area contributed by atoms with Gasteiger partial charge < -0.3 is 4.52 Å². The Kier molecular flexibility index (Phi) is 4.09. The van der Waals surface area contributed by atoms with Crippen molar-refractivity contribution in [1.29, 1.82) is 0 Å². The minimum Gasteiger partial charge on any atom is -0.333 e. The van der Waals surface area contributed by atoms with Gasteiger partial charge in [-0.15, -0.1) is 16.4 Å². The largest absolute Gasteiger partial charge is 0.333 e. The summed E-state index contributed by atoms with van der Waals surface area (Å²) in [4.78, 5) is 9.55. The monoisotopic (exact) mass is 359 g/mol. The van der Waals surface area contributed by atoms with Crippen LogP contribution in [0, 0.1) is 5.82 Å². The van der Waals surface area contributed by atoms with Crippen molar-refractivity contribution in [3.63, 3.8) is 0 Å². The van der Waals surface area contributed by atoms with Crippen molar-refractivity contribution in [2.45, 2.75) is 10.9 Å². The van der Waals surface area contributed by atoms with Crippen LogP contribution in [-0.4, -0.2) is 25.3 Å². The average Bonchev–Trinajstić information content (AvgIpc) is 3.34. The molecule has 0 unspecified atom stereocenters. The molecule has 0 aliphatic carbocycles. The van der Waals surface area contributed by atoms with Crippen molar-refractivity contribution in [2.24, 2.45) is 0 Å². The van der Waals surface area contributed by atoms with Gasteiger partial charge in [0.05, 0.1) is 16.2 Å². The van der Waals surface area contributed by atoms with Crippen LogP contribution in [0.1, 0.15) is 5.82 Å². The standard InChI is InChI=1S/C15H10FN5OS2/c16-10-5-2-1-4-9(10)13-18-15(20-19-13)24-8-12-17-14(22-21-12)11-6-3-7-23-11/h1-7H,8H2,(H,18,19,20). The van der Waals surface area contributed by atoms with Gasteiger partial charge in [-0.3, -0.25) is 5.10 Å². The van der Waals surface area contributed by atoms with Gasteiger partial charge in [-0.25, -0.2) is 9.37 Å². The molecular weight excluding hydrogens is 349 g/mol. The zero-order valence-corrected chi connectivity index (χ0v) is 13.8. The first-order chi connectivity index (χ1) is 11.8. The molecule has 0 spiro atoms. The number of halogens is 1. The van der Waals surface area contributed by atoms with Crippen LogP contribution < -0.4 is 0 Å². The lowest BCUT2D eigenvalue weighted by molar-refractivity contribution is 0.426. The molecule has 0 saturated heterocycles. The zero-order valence-electron chi connectivity index (χ0n) is 12.1. The molecule has 9 heteroatoms. The van der Waals surface area contributed by atoms with Crippen LogP contribution in [0.25, 0.3) is 22.2 Å². The summed E-state index contributed by atoms with van der Waals surface area (Å²) in [6.45, 7) is 0. The van der Waals surface area contributed by atoms with Gasteiger partial charge in [0.2, 0.25) is 5.16 Å². The highest BCUT2D eigenvalue weighted by Crippen LogP contribution is 2.26. The fourth-order valence-corrected chi connectivity index (χ4v) is 3.31. The fraction of sp³-hybridized carbons (Fsp3) is 0.0667. The van der Waals surface area contributed by atoms with Crippen molar-refractivity contribution in [2.75, 3.05) is 0 Å². The number of H-pyrrole nitrogens is 1. The maximum absolute atomic E-state index is 13.7. The molecule has 0 radical (unpaired) electrons. The highest BCUT2D eigenvalue weighted by atomic mass is 32.2. The van der Waals surface area contributed by atoms with E-state index in [9.17, 15) is 4.39 Å². The number of benzene rings is 1. The predicted molar refractivity (Wildman–Crippen MR) is 88.9 cm³/mol. The Balaban J connectivity index is 1.45. The number of nitrogens with one attached hydrogen (secondary N) is 1. The molecule has 0 atom stereocenters. The highest BCUT2D eigenvalue weighted by molar-refractivity contribution is 7.98. The van der Waals surface area contributed by atoms with Gasteiger partial charge in [-0.05, 0) is 23.6 Å². The zero-order chi connectivity index (χ0) is 16.4. The maximum atomic E-state index is 13.7. The van der Waals surface area contributed by atoms with Gasteiger partial charge >= 0.3 is 0 Å². The Labute approximate surface area is 144 Å². The molecule has 0 amide bonds. The SMILES string of the molecule is Fc1ccccc1-c1nc(SCc2noc(-c3cccs3)n2)n[nH]1. The third kappa shape index (κ3) is 3.08. The summed E-state index contributed by atoms with van der Waals surface area (Å²) in [6.07, 6.45) is 0. The summed E-state index contributed by atoms with van der Waals surface area (Å²) in [7, 11) is 0. The molecule has 24 heavy (non-hydrogen) atoms. The molecule has 0 fully saturated rings. The third-order valence-corrected chi connectivity index (χ3v) is 4.83. The summed E-state index contributed by atoms with van der Waals surface area (Å²) < 4.78 is 19.0. The summed E-state index contributed by atoms with van der Waals surface area (Å²) in [6, 6.07) is 10.3. The smallest absolute Gasteiger partial charge is 0.268 e. The van der Waals surface area contributed by atoms with Crippen LogP contribution in [0.15, 0.2) is 51.5 Å². The second kappa shape index (κ2) is 6.54. The third-order valence-electron chi connectivity index (χ3n) is 3.12. The van der Waals surface area contributed by atoms with Crippen molar-refractivity contribution < 1.29 is 8.91 Å². The highest BCUT2D eigenvalue weighted by Gasteiger charge is 2.13. The van der Waals surface area contributed by atoms with E-state index in [4.69, 9.17) is 4.52 Å². The molecule has 0 aliphatic heterocycles. The van der Waals surface area contributed by atoms with Gasteiger partial charge in [0, 0.05) is 0 Å². The Morgan fingerprint density at radius 2 is 2.08 bits per heavy atom. The van der Waals surface area contributed by atoms with Crippen LogP contribution in [0.3, 0.4) is 0 Å². The summed E-state index contributed by atoms with van der Waals surface area (Å²) >= 11 is 2.89. The minimum absolute atomic E-state index is 0.344. The first kappa shape index (κ1) is 15.0. The molecule has 0 saturated carbocycles. The lowest BCUT2D eigenvalue weighted by atomic mass is 10.2. The lowest BCUT2D eigenvalue weighted by Gasteiger charge is -1.96. The van der Waals surface area contributed by atoms with E-state index in [2.05, 4.69) is 25.3 Å². The van der Waals surface area contributed by atoms with Gasteiger partial charge in [-0.1, -0.05) is 35.1 Å². The normalized spacial score (nSPS) is 11.0. The Morgan fingerprint density at radius 1 is 1.17 bits per heavy atom. The molecule has 4 aromatic rings. The fourth-order valence-electron chi connectivity index (χ4n) is 2.03. The van der Waals surface area contributed by atoms with E-state index in [1.165, 1.54) is 29.2 Å². The van der Waals surface area contributed by atoms with E-state index in [1.54, 1.807) is 18.2 Å². The topological polar surface area (TPSA) is 80.5 Å². The molecule has 3 aromatic heterocycles. The second-order valence-corrected chi connectivity index (χ2v) is 6.62. The number of rotatable bonds is 5. The van der Waals surface area contributed by atoms with E-state index < -0.39 is 0 Å². The molecule has 6 nitrogen and oxygen atoms in total. The Morgan fingerprint density at radius 3 is 2.92 bits per heavy atom. The molecular formula is C15H10FN5OS2. The van der Waals surface area contributed by atoms with Crippen LogP contribution >= 0.6 is 23.1 Å². The van der Waals surface area contributed by atoms with Gasteiger partial charge in [0.25, 0.3) is 5.89 Å². The molecule has 120 valence electrons. The van der Waals surface area contributed by atoms with E-state index in [1.807, 2.05) is 17.5 Å². The minimum atomic E-state index is -0.344. The summed E-state index contributed by atoms with van der Waals surface area (Å²) in [5, 5.41) is 13.2. The number of hydrogen-bond donors (Lipinski definition) is 1. The summed E-state index contributed by atoms with van der Waals surface area (Å²) in [5.74, 6) is 1.57. The predicted octanol–water partition coefficient (Wildman–Crippen LogP) is 4.01. The van der Waals surface area contributed by atoms with Crippen LogP contribution in [0.4, 0.5) is 4.39 Å². The van der Waals surface area contributed by atoms with Crippen LogP contribution in [0.5, 0.6) is 0 Å². The lowest BCUT2D eigenvalue weighted by Crippen LogP contribution is -1.86. The number of thioether (sulfide) groups is 1. The first-order valence-corrected chi connectivity index (χ1v) is 8.83. The van der Waals surface area contributed by atoms with Gasteiger partial charge in [0.15, 0.2) is 11.6 Å². The van der Waals surface area contributed by atoms with Crippen LogP contribution in [0.2, 0.25) is 0 Å². The summed E-state index contributed by atoms with van der Waals surface area (Å²) in [5.41, 5.74) is 0.386. The number of nitrogens with zero attached hydrogens (tertiary/aromatic N) is 4. The van der Waals surface area contributed by atoms with Crippen molar-refractivity contribution in [1.82, 2.24) is 25.3 Å². The van der Waals surface area contributed by atoms with Gasteiger partial charge in [-0.2, -0.15) is 4.98 Å². The van der Waals surface area contributed by atoms with Crippen molar-refractivity contribution in [3.05, 3.63) is 53.4 Å². The average molecular weight is 359 g/mol. The number of thiophene rings is 1. The van der Waals surface area contributed by atoms with E-state index in [0.29, 0.717) is 34.0 Å². The van der Waals surface area contributed by atoms with E-state index >= 15 is 0 Å². The van der Waals surface area contributed by atoms with Crippen LogP contribution in [-0.2, 0) is 5.75 Å². The molecule has 0 aliphatic rings. The Bertz CT molecular complexity index is 950. The Hall–Kier alpha value is -2.52. The van der Waals surface area contributed by atoms with E-state index in [0.717, 1.165) is 4.88 Å². The molecule has 1 N–H and O–H groups in total. The first-order valence-electron chi connectivity index (χ1n) is 6.96. The molecule has 4 rings (SSSR count). The molecule has 3 heterocycles. The molecule has 0 bridgehead atoms. The maximum Gasteiger partial charge on any atom is 0.268 e. The second-order valence-electron chi connectivity index (χ2n) is 4.73.